The Balaban J connectivity index is 2.31. The van der Waals surface area contributed by atoms with Gasteiger partial charge in [0.25, 0.3) is 0 Å². The minimum atomic E-state index is -3.30. The summed E-state index contributed by atoms with van der Waals surface area (Å²) in [6.45, 7) is 1.64. The summed E-state index contributed by atoms with van der Waals surface area (Å²) in [5.74, 6) is -3.83. The van der Waals surface area contributed by atoms with Crippen LogP contribution in [0.25, 0.3) is 0 Å². The Hall–Kier alpha value is -4.72. The van der Waals surface area contributed by atoms with E-state index in [1.54, 1.807) is 37.3 Å². The number of nitrogens with zero attached hydrogens (tertiary/aromatic N) is 1. The molecule has 0 amide bonds. The Labute approximate surface area is 247 Å². The van der Waals surface area contributed by atoms with Crippen molar-refractivity contribution >= 4 is 34.9 Å². The van der Waals surface area contributed by atoms with Crippen molar-refractivity contribution in [1.82, 2.24) is 0 Å². The largest absolute Gasteiger partial charge is 0.614 e. The minimum absolute atomic E-state index is 0.00709. The number of carbonyl (C=O) groups is 2. The van der Waals surface area contributed by atoms with Crippen LogP contribution in [0, 0.1) is 17.2 Å². The normalized spacial score (nSPS) is 14.0. The maximum absolute atomic E-state index is 14.4. The first-order valence-corrected chi connectivity index (χ1v) is 15.3. The maximum Gasteiger partial charge on any atom is 0.319 e. The highest BCUT2D eigenvalue weighted by molar-refractivity contribution is 7.99. The van der Waals surface area contributed by atoms with Crippen LogP contribution in [-0.2, 0) is 24.5 Å². The van der Waals surface area contributed by atoms with Gasteiger partial charge < -0.3 is 14.6 Å². The molecule has 2 atom stereocenters. The topological polar surface area (TPSA) is 99.5 Å². The third-order valence-electron chi connectivity index (χ3n) is 7.50. The van der Waals surface area contributed by atoms with Gasteiger partial charge >= 0.3 is 5.97 Å². The van der Waals surface area contributed by atoms with Gasteiger partial charge in [0, 0.05) is 6.42 Å². The fourth-order valence-corrected chi connectivity index (χ4v) is 10.3. The van der Waals surface area contributed by atoms with E-state index in [1.165, 1.54) is 14.2 Å². The molecular formula is C35H32NO5P. The summed E-state index contributed by atoms with van der Waals surface area (Å²) >= 11 is 0. The Morgan fingerprint density at radius 2 is 1.17 bits per heavy atom. The smallest absolute Gasteiger partial charge is 0.319 e. The zero-order valence-corrected chi connectivity index (χ0v) is 24.7. The Kier molecular flexibility index (Phi) is 9.57. The van der Waals surface area contributed by atoms with Crippen molar-refractivity contribution in [3.05, 3.63) is 138 Å². The van der Waals surface area contributed by atoms with Crippen molar-refractivity contribution in [2.45, 2.75) is 18.8 Å². The highest BCUT2D eigenvalue weighted by atomic mass is 31.2. The Bertz CT molecular complexity index is 1490. The lowest BCUT2D eigenvalue weighted by molar-refractivity contribution is -0.354. The molecule has 0 aliphatic heterocycles. The Morgan fingerprint density at radius 1 is 0.762 bits per heavy atom. The van der Waals surface area contributed by atoms with Gasteiger partial charge in [0.1, 0.15) is 34.4 Å². The van der Waals surface area contributed by atoms with Crippen molar-refractivity contribution in [3.63, 3.8) is 0 Å². The van der Waals surface area contributed by atoms with E-state index < -0.39 is 36.3 Å². The predicted molar refractivity (Wildman–Crippen MR) is 164 cm³/mol. The monoisotopic (exact) mass is 577 g/mol. The molecular weight excluding hydrogens is 545 g/mol. The first-order chi connectivity index (χ1) is 20.4. The fraction of sp³-hybridized carbons (Fsp3) is 0.171. The van der Waals surface area contributed by atoms with E-state index in [2.05, 4.69) is 6.07 Å². The van der Waals surface area contributed by atoms with Gasteiger partial charge in [-0.25, -0.2) is 0 Å². The molecule has 0 aromatic heterocycles. The number of ketones is 1. The fourth-order valence-electron chi connectivity index (χ4n) is 5.64. The van der Waals surface area contributed by atoms with E-state index in [0.29, 0.717) is 5.56 Å². The molecule has 0 fully saturated rings. The lowest BCUT2D eigenvalue weighted by atomic mass is 9.67. The van der Waals surface area contributed by atoms with Gasteiger partial charge in [-0.05, 0) is 49.1 Å². The van der Waals surface area contributed by atoms with Crippen molar-refractivity contribution < 1.29 is 24.2 Å². The highest BCUT2D eigenvalue weighted by Crippen LogP contribution is 2.67. The van der Waals surface area contributed by atoms with Gasteiger partial charge in [-0.15, -0.1) is 0 Å². The lowest BCUT2D eigenvalue weighted by Gasteiger charge is -2.40. The van der Waals surface area contributed by atoms with Crippen LogP contribution in [0.5, 0.6) is 0 Å². The van der Waals surface area contributed by atoms with E-state index in [9.17, 15) is 20.0 Å². The third kappa shape index (κ3) is 5.09. The molecule has 4 aromatic rings. The van der Waals surface area contributed by atoms with Gasteiger partial charge in [-0.2, -0.15) is 5.26 Å². The Morgan fingerprint density at radius 3 is 1.50 bits per heavy atom. The quantitative estimate of drug-likeness (QED) is 0.149. The number of hydrogen-bond acceptors (Lipinski definition) is 6. The van der Waals surface area contributed by atoms with E-state index in [-0.39, 0.29) is 11.7 Å². The summed E-state index contributed by atoms with van der Waals surface area (Å²) in [6.07, 6.45) is -0.0577. The number of esters is 1. The van der Waals surface area contributed by atoms with Crippen LogP contribution in [0.15, 0.2) is 133 Å². The molecule has 6 nitrogen and oxygen atoms in total. The van der Waals surface area contributed by atoms with Crippen LogP contribution in [0.3, 0.4) is 0 Å². The van der Waals surface area contributed by atoms with Crippen LogP contribution in [0.1, 0.15) is 18.9 Å². The number of ether oxygens (including phenoxy) is 2. The van der Waals surface area contributed by atoms with Gasteiger partial charge in [0.15, 0.2) is 11.2 Å². The zero-order valence-electron chi connectivity index (χ0n) is 23.8. The van der Waals surface area contributed by atoms with E-state index in [0.717, 1.165) is 15.9 Å². The molecule has 4 rings (SSSR count). The van der Waals surface area contributed by atoms with E-state index >= 15 is 0 Å². The number of carbonyl (C=O) groups excluding carboxylic acids is 2. The van der Waals surface area contributed by atoms with Crippen LogP contribution in [0.4, 0.5) is 0 Å². The number of Topliss-reactive ketones (excluding diaryl/α,β-unsaturated/α-hetero) is 1. The molecule has 212 valence electrons. The molecule has 0 heterocycles. The van der Waals surface area contributed by atoms with Gasteiger partial charge in [0.05, 0.1) is 19.1 Å². The highest BCUT2D eigenvalue weighted by Gasteiger charge is 2.63. The predicted octanol–water partition coefficient (Wildman–Crippen LogP) is 4.39. The summed E-state index contributed by atoms with van der Waals surface area (Å²) in [7, 11) is -0.865. The van der Waals surface area contributed by atoms with Crippen LogP contribution in [-0.4, -0.2) is 26.0 Å². The number of rotatable bonds is 11. The molecule has 0 spiro atoms. The maximum atomic E-state index is 14.4. The van der Waals surface area contributed by atoms with Crippen LogP contribution >= 0.6 is 7.26 Å². The molecule has 2 unspecified atom stereocenters. The molecule has 0 aliphatic carbocycles. The van der Waals surface area contributed by atoms with E-state index in [1.807, 2.05) is 91.0 Å². The van der Waals surface area contributed by atoms with Crippen LogP contribution in [0.2, 0.25) is 0 Å². The second-order valence-electron chi connectivity index (χ2n) is 9.57. The zero-order chi connectivity index (χ0) is 30.2. The summed E-state index contributed by atoms with van der Waals surface area (Å²) in [5, 5.41) is 27.6. The number of nitriles is 1. The molecule has 0 N–H and O–H groups in total. The number of hydrogen-bond donors (Lipinski definition) is 0. The molecule has 0 aliphatic rings. The molecule has 42 heavy (non-hydrogen) atoms. The van der Waals surface area contributed by atoms with Crippen molar-refractivity contribution in [3.8, 4) is 6.07 Å². The average Bonchev–Trinajstić information content (AvgIpc) is 3.07. The minimum Gasteiger partial charge on any atom is -0.614 e. The van der Waals surface area contributed by atoms with Gasteiger partial charge in [-0.1, -0.05) is 91.9 Å². The standard InChI is InChI=1S/C35H32NO5P/c1-4-30(37)35(25-36,26-17-9-5-10-18-26)31(33(38)40-2)32(34(39)41-3)42(27-19-11-6-12-20-27,28-21-13-7-14-22-28)29-23-15-8-16-24-29/h5-24,31H,4H2,1-3H3/b34-32-. The first kappa shape index (κ1) is 30.2. The molecule has 0 saturated carbocycles. The molecule has 0 saturated heterocycles. The lowest BCUT2D eigenvalue weighted by Crippen LogP contribution is -2.50. The van der Waals surface area contributed by atoms with Gasteiger partial charge in [0.2, 0.25) is 0 Å². The SMILES string of the molecule is CCC(=O)C(C#N)(c1ccccc1)C(C(=O)OC)/C(=C(\[O-])OC)[P+](c1ccccc1)(c1ccccc1)c1ccccc1. The molecule has 0 bridgehead atoms. The summed E-state index contributed by atoms with van der Waals surface area (Å²) < 4.78 is 10.8. The van der Waals surface area contributed by atoms with Crippen LogP contribution < -0.4 is 21.0 Å². The van der Waals surface area contributed by atoms with Crippen molar-refractivity contribution in [1.29, 1.82) is 5.26 Å². The summed E-state index contributed by atoms with van der Waals surface area (Å²) in [5.41, 5.74) is -1.79. The van der Waals surface area contributed by atoms with Crippen molar-refractivity contribution in [2.75, 3.05) is 14.2 Å². The van der Waals surface area contributed by atoms with E-state index in [4.69, 9.17) is 9.47 Å². The second kappa shape index (κ2) is 13.3. The average molecular weight is 578 g/mol. The first-order valence-electron chi connectivity index (χ1n) is 13.5. The number of benzene rings is 4. The molecule has 0 radical (unpaired) electrons. The molecule has 4 aromatic carbocycles. The second-order valence-corrected chi connectivity index (χ2v) is 12.9. The van der Waals surface area contributed by atoms with Crippen molar-refractivity contribution in [2.24, 2.45) is 5.92 Å². The summed E-state index contributed by atoms with van der Waals surface area (Å²) in [4.78, 5) is 28.3. The number of methoxy groups -OCH3 is 2. The molecule has 7 heteroatoms. The van der Waals surface area contributed by atoms with Gasteiger partial charge in [-0.3, -0.25) is 9.59 Å². The summed E-state index contributed by atoms with van der Waals surface area (Å²) in [6, 6.07) is 38.9. The third-order valence-corrected chi connectivity index (χ3v) is 11.9.